The predicted octanol–water partition coefficient (Wildman–Crippen LogP) is -0.830. The van der Waals surface area contributed by atoms with Crippen molar-refractivity contribution in [1.29, 1.82) is 0 Å². The Kier molecular flexibility index (Phi) is 2.80. The minimum Gasteiger partial charge on any atom is -0.355 e. The first-order valence-corrected chi connectivity index (χ1v) is 5.08. The van der Waals surface area contributed by atoms with Crippen LogP contribution in [-0.2, 0) is 4.79 Å². The Morgan fingerprint density at radius 3 is 3.00 bits per heavy atom. The summed E-state index contributed by atoms with van der Waals surface area (Å²) in [5.74, 6) is 0.202. The number of amides is 1. The lowest BCUT2D eigenvalue weighted by molar-refractivity contribution is -0.120. The van der Waals surface area contributed by atoms with Crippen molar-refractivity contribution in [2.24, 2.45) is 0 Å². The molecule has 2 aliphatic rings. The first-order chi connectivity index (χ1) is 6.36. The van der Waals surface area contributed by atoms with E-state index in [9.17, 15) is 4.79 Å². The summed E-state index contributed by atoms with van der Waals surface area (Å²) in [4.78, 5) is 13.5. The van der Waals surface area contributed by atoms with Gasteiger partial charge in [0, 0.05) is 38.6 Å². The van der Waals surface area contributed by atoms with Crippen LogP contribution in [0.3, 0.4) is 0 Å². The van der Waals surface area contributed by atoms with Gasteiger partial charge in [0.1, 0.15) is 0 Å². The standard InChI is InChI=1S/C9H17N3O/c13-9-2-5-12(6-4-11-9)8-1-3-10-7-8/h8,10H,1-7H2,(H,11,13). The Labute approximate surface area is 78.7 Å². The number of carbonyl (C=O) groups is 1. The van der Waals surface area contributed by atoms with Gasteiger partial charge in [-0.3, -0.25) is 9.69 Å². The SMILES string of the molecule is O=C1CCN(C2CCNC2)CCN1. The number of carbonyl (C=O) groups excluding carboxylic acids is 1. The summed E-state index contributed by atoms with van der Waals surface area (Å²) in [6.45, 7) is 4.97. The van der Waals surface area contributed by atoms with Gasteiger partial charge in [0.2, 0.25) is 5.91 Å². The second kappa shape index (κ2) is 4.07. The molecule has 0 aliphatic carbocycles. The van der Waals surface area contributed by atoms with Crippen molar-refractivity contribution in [3.8, 4) is 0 Å². The topological polar surface area (TPSA) is 44.4 Å². The summed E-state index contributed by atoms with van der Waals surface area (Å²) in [6, 6.07) is 0.660. The Morgan fingerprint density at radius 1 is 1.31 bits per heavy atom. The Hall–Kier alpha value is -0.610. The highest BCUT2D eigenvalue weighted by molar-refractivity contribution is 5.76. The zero-order chi connectivity index (χ0) is 9.10. The van der Waals surface area contributed by atoms with E-state index in [0.717, 1.165) is 32.7 Å². The van der Waals surface area contributed by atoms with Crippen LogP contribution in [0.25, 0.3) is 0 Å². The smallest absolute Gasteiger partial charge is 0.221 e. The van der Waals surface area contributed by atoms with E-state index in [-0.39, 0.29) is 5.91 Å². The van der Waals surface area contributed by atoms with E-state index in [1.165, 1.54) is 6.42 Å². The fraction of sp³-hybridized carbons (Fsp3) is 0.889. The second-order valence-electron chi connectivity index (χ2n) is 3.78. The highest BCUT2D eigenvalue weighted by atomic mass is 16.1. The third-order valence-corrected chi connectivity index (χ3v) is 2.90. The molecule has 0 spiro atoms. The summed E-state index contributed by atoms with van der Waals surface area (Å²) < 4.78 is 0. The normalized spacial score (nSPS) is 31.4. The van der Waals surface area contributed by atoms with Crippen molar-refractivity contribution in [3.63, 3.8) is 0 Å². The average Bonchev–Trinajstić information content (AvgIpc) is 2.56. The number of hydrogen-bond donors (Lipinski definition) is 2. The van der Waals surface area contributed by atoms with Gasteiger partial charge in [-0.1, -0.05) is 0 Å². The molecule has 2 rings (SSSR count). The Bertz CT molecular complexity index is 189. The lowest BCUT2D eigenvalue weighted by Gasteiger charge is -2.25. The van der Waals surface area contributed by atoms with Gasteiger partial charge in [-0.25, -0.2) is 0 Å². The van der Waals surface area contributed by atoms with E-state index >= 15 is 0 Å². The minimum absolute atomic E-state index is 0.202. The van der Waals surface area contributed by atoms with Crippen molar-refractivity contribution in [1.82, 2.24) is 15.5 Å². The molecule has 0 bridgehead atoms. The highest BCUT2D eigenvalue weighted by Crippen LogP contribution is 2.09. The van der Waals surface area contributed by atoms with Crippen LogP contribution in [0.2, 0.25) is 0 Å². The predicted molar refractivity (Wildman–Crippen MR) is 50.5 cm³/mol. The molecule has 13 heavy (non-hydrogen) atoms. The molecule has 0 aromatic heterocycles. The molecular weight excluding hydrogens is 166 g/mol. The monoisotopic (exact) mass is 183 g/mol. The van der Waals surface area contributed by atoms with Gasteiger partial charge in [0.25, 0.3) is 0 Å². The summed E-state index contributed by atoms with van der Waals surface area (Å²) >= 11 is 0. The van der Waals surface area contributed by atoms with E-state index in [1.54, 1.807) is 0 Å². The maximum Gasteiger partial charge on any atom is 0.221 e. The molecule has 2 heterocycles. The highest BCUT2D eigenvalue weighted by Gasteiger charge is 2.23. The maximum atomic E-state index is 11.1. The van der Waals surface area contributed by atoms with Gasteiger partial charge in [0.15, 0.2) is 0 Å². The van der Waals surface area contributed by atoms with Gasteiger partial charge < -0.3 is 10.6 Å². The Balaban J connectivity index is 1.87. The van der Waals surface area contributed by atoms with Gasteiger partial charge in [0.05, 0.1) is 0 Å². The van der Waals surface area contributed by atoms with Crippen molar-refractivity contribution in [2.75, 3.05) is 32.7 Å². The quantitative estimate of drug-likeness (QED) is 0.558. The van der Waals surface area contributed by atoms with Gasteiger partial charge in [-0.2, -0.15) is 0 Å². The van der Waals surface area contributed by atoms with Crippen LogP contribution in [0.5, 0.6) is 0 Å². The molecule has 1 atom stereocenters. The van der Waals surface area contributed by atoms with Gasteiger partial charge in [-0.05, 0) is 13.0 Å². The van der Waals surface area contributed by atoms with Crippen LogP contribution < -0.4 is 10.6 Å². The van der Waals surface area contributed by atoms with Crippen LogP contribution in [0, 0.1) is 0 Å². The molecule has 4 nitrogen and oxygen atoms in total. The zero-order valence-electron chi connectivity index (χ0n) is 7.88. The maximum absolute atomic E-state index is 11.1. The largest absolute Gasteiger partial charge is 0.355 e. The zero-order valence-corrected chi connectivity index (χ0v) is 7.88. The molecule has 2 saturated heterocycles. The fourth-order valence-corrected chi connectivity index (χ4v) is 2.10. The van der Waals surface area contributed by atoms with Crippen molar-refractivity contribution in [3.05, 3.63) is 0 Å². The first kappa shape index (κ1) is 8.97. The van der Waals surface area contributed by atoms with E-state index in [0.29, 0.717) is 12.5 Å². The second-order valence-corrected chi connectivity index (χ2v) is 3.78. The fourth-order valence-electron chi connectivity index (χ4n) is 2.10. The van der Waals surface area contributed by atoms with Crippen LogP contribution in [-0.4, -0.2) is 49.6 Å². The minimum atomic E-state index is 0.202. The van der Waals surface area contributed by atoms with Crippen LogP contribution in [0.1, 0.15) is 12.8 Å². The molecular formula is C9H17N3O. The van der Waals surface area contributed by atoms with Gasteiger partial charge in [-0.15, -0.1) is 0 Å². The summed E-state index contributed by atoms with van der Waals surface area (Å²) in [7, 11) is 0. The molecule has 2 N–H and O–H groups in total. The van der Waals surface area contributed by atoms with Gasteiger partial charge >= 0.3 is 0 Å². The lowest BCUT2D eigenvalue weighted by Crippen LogP contribution is -2.39. The van der Waals surface area contributed by atoms with E-state index in [1.807, 2.05) is 0 Å². The molecule has 4 heteroatoms. The number of rotatable bonds is 1. The molecule has 1 unspecified atom stereocenters. The van der Waals surface area contributed by atoms with Crippen molar-refractivity contribution in [2.45, 2.75) is 18.9 Å². The molecule has 0 saturated carbocycles. The molecule has 74 valence electrons. The average molecular weight is 183 g/mol. The molecule has 1 amide bonds. The summed E-state index contributed by atoms with van der Waals surface area (Å²) in [6.07, 6.45) is 1.89. The molecule has 2 aliphatic heterocycles. The lowest BCUT2D eigenvalue weighted by atomic mass is 10.2. The number of hydrogen-bond acceptors (Lipinski definition) is 3. The van der Waals surface area contributed by atoms with Crippen LogP contribution in [0.15, 0.2) is 0 Å². The summed E-state index contributed by atoms with van der Waals surface area (Å²) in [5, 5.41) is 6.25. The van der Waals surface area contributed by atoms with Crippen LogP contribution >= 0.6 is 0 Å². The van der Waals surface area contributed by atoms with Crippen LogP contribution in [0.4, 0.5) is 0 Å². The third-order valence-electron chi connectivity index (χ3n) is 2.90. The van der Waals surface area contributed by atoms with Crippen molar-refractivity contribution >= 4 is 5.91 Å². The number of nitrogens with one attached hydrogen (secondary N) is 2. The molecule has 0 aromatic rings. The van der Waals surface area contributed by atoms with E-state index < -0.39 is 0 Å². The molecule has 0 radical (unpaired) electrons. The van der Waals surface area contributed by atoms with Crippen molar-refractivity contribution < 1.29 is 4.79 Å². The molecule has 0 aromatic carbocycles. The van der Waals surface area contributed by atoms with E-state index in [4.69, 9.17) is 0 Å². The number of nitrogens with zero attached hydrogens (tertiary/aromatic N) is 1. The van der Waals surface area contributed by atoms with E-state index in [2.05, 4.69) is 15.5 Å². The third kappa shape index (κ3) is 2.19. The Morgan fingerprint density at radius 2 is 2.23 bits per heavy atom. The summed E-state index contributed by atoms with van der Waals surface area (Å²) in [5.41, 5.74) is 0. The first-order valence-electron chi connectivity index (χ1n) is 5.08. The molecule has 2 fully saturated rings.